The number of hydrogen-bond donors (Lipinski definition) is 1. The van der Waals surface area contributed by atoms with Crippen molar-refractivity contribution in [2.75, 3.05) is 27.0 Å². The van der Waals surface area contributed by atoms with E-state index < -0.39 is 10.0 Å². The highest BCUT2D eigenvalue weighted by Gasteiger charge is 2.14. The minimum Gasteiger partial charge on any atom is -0.497 e. The first-order valence-corrected chi connectivity index (χ1v) is 11.1. The zero-order valence-corrected chi connectivity index (χ0v) is 18.0. The van der Waals surface area contributed by atoms with E-state index in [2.05, 4.69) is 5.32 Å². The number of carbonyl (C=O) groups excluding carboxylic acids is 1. The Kier molecular flexibility index (Phi) is 8.04. The normalized spacial score (nSPS) is 12.4. The molecule has 29 heavy (non-hydrogen) atoms. The third-order valence-electron chi connectivity index (χ3n) is 4.53. The summed E-state index contributed by atoms with van der Waals surface area (Å²) in [5, 5.41) is 2.97. The van der Waals surface area contributed by atoms with E-state index in [-0.39, 0.29) is 25.1 Å². The van der Waals surface area contributed by atoms with Crippen molar-refractivity contribution in [2.45, 2.75) is 25.9 Å². The standard InChI is InChI=1S/C21H28N2O5S/c1-5-20(17-8-12-18(27-3)13-9-17)22-21(24)15-28-19-10-6-16(7-11-19)14-23(2)29(4,25)26/h6-13,20H,5,14-15H2,1-4H3,(H,22,24)/t20-/m0/s1. The van der Waals surface area contributed by atoms with E-state index in [0.717, 1.165) is 23.3 Å². The Bertz CT molecular complexity index is 896. The molecule has 0 unspecified atom stereocenters. The van der Waals surface area contributed by atoms with Gasteiger partial charge in [-0.1, -0.05) is 31.2 Å². The van der Waals surface area contributed by atoms with E-state index in [1.807, 2.05) is 31.2 Å². The number of methoxy groups -OCH3 is 1. The molecule has 0 fully saturated rings. The molecule has 8 heteroatoms. The summed E-state index contributed by atoms with van der Waals surface area (Å²) in [7, 11) is -0.0937. The summed E-state index contributed by atoms with van der Waals surface area (Å²) in [5.41, 5.74) is 1.83. The molecule has 1 amide bonds. The van der Waals surface area contributed by atoms with E-state index in [4.69, 9.17) is 9.47 Å². The van der Waals surface area contributed by atoms with Crippen LogP contribution in [0.3, 0.4) is 0 Å². The molecule has 0 radical (unpaired) electrons. The summed E-state index contributed by atoms with van der Waals surface area (Å²) in [4.78, 5) is 12.3. The van der Waals surface area contributed by atoms with Crippen LogP contribution < -0.4 is 14.8 Å². The smallest absolute Gasteiger partial charge is 0.258 e. The van der Waals surface area contributed by atoms with Crippen molar-refractivity contribution >= 4 is 15.9 Å². The first-order chi connectivity index (χ1) is 13.7. The van der Waals surface area contributed by atoms with E-state index in [9.17, 15) is 13.2 Å². The van der Waals surface area contributed by atoms with Crippen LogP contribution in [-0.2, 0) is 21.4 Å². The molecular weight excluding hydrogens is 392 g/mol. The number of carbonyl (C=O) groups is 1. The third kappa shape index (κ3) is 7.07. The van der Waals surface area contributed by atoms with Gasteiger partial charge in [-0.15, -0.1) is 0 Å². The number of rotatable bonds is 10. The lowest BCUT2D eigenvalue weighted by Crippen LogP contribution is -2.32. The van der Waals surface area contributed by atoms with Crippen LogP contribution in [0.4, 0.5) is 0 Å². The summed E-state index contributed by atoms with van der Waals surface area (Å²) in [5.74, 6) is 1.10. The minimum absolute atomic E-state index is 0.102. The van der Waals surface area contributed by atoms with Crippen LogP contribution in [0.2, 0.25) is 0 Å². The number of hydrogen-bond acceptors (Lipinski definition) is 5. The predicted octanol–water partition coefficient (Wildman–Crippen LogP) is 2.73. The van der Waals surface area contributed by atoms with E-state index >= 15 is 0 Å². The number of nitrogens with one attached hydrogen (secondary N) is 1. The fourth-order valence-electron chi connectivity index (χ4n) is 2.71. The van der Waals surface area contributed by atoms with Crippen molar-refractivity contribution in [1.82, 2.24) is 9.62 Å². The Labute approximate surface area is 172 Å². The van der Waals surface area contributed by atoms with Gasteiger partial charge in [0, 0.05) is 13.6 Å². The van der Waals surface area contributed by atoms with Gasteiger partial charge in [0.05, 0.1) is 19.4 Å². The van der Waals surface area contributed by atoms with Gasteiger partial charge < -0.3 is 14.8 Å². The quantitative estimate of drug-likeness (QED) is 0.639. The molecule has 0 aromatic heterocycles. The molecule has 0 saturated heterocycles. The number of nitrogens with zero attached hydrogens (tertiary/aromatic N) is 1. The Morgan fingerprint density at radius 1 is 1.07 bits per heavy atom. The Morgan fingerprint density at radius 2 is 1.66 bits per heavy atom. The van der Waals surface area contributed by atoms with Gasteiger partial charge in [-0.25, -0.2) is 12.7 Å². The minimum atomic E-state index is -3.23. The van der Waals surface area contributed by atoms with Crippen LogP contribution in [0.25, 0.3) is 0 Å². The number of ether oxygens (including phenoxy) is 2. The fraction of sp³-hybridized carbons (Fsp3) is 0.381. The summed E-state index contributed by atoms with van der Waals surface area (Å²) in [6, 6.07) is 14.5. The molecule has 0 heterocycles. The van der Waals surface area contributed by atoms with Gasteiger partial charge in [0.2, 0.25) is 10.0 Å². The topological polar surface area (TPSA) is 84.9 Å². The Hall–Kier alpha value is -2.58. The number of benzene rings is 2. The molecule has 158 valence electrons. The average Bonchev–Trinajstić information content (AvgIpc) is 2.71. The maximum absolute atomic E-state index is 12.3. The van der Waals surface area contributed by atoms with Crippen LogP contribution in [0.1, 0.15) is 30.5 Å². The van der Waals surface area contributed by atoms with E-state index in [1.165, 1.54) is 17.6 Å². The zero-order chi connectivity index (χ0) is 21.4. The Morgan fingerprint density at radius 3 is 2.17 bits per heavy atom. The van der Waals surface area contributed by atoms with Gasteiger partial charge in [0.25, 0.3) is 5.91 Å². The van der Waals surface area contributed by atoms with E-state index in [1.54, 1.807) is 31.4 Å². The molecular formula is C21H28N2O5S. The SMILES string of the molecule is CC[C@H](NC(=O)COc1ccc(CN(C)S(C)(=O)=O)cc1)c1ccc(OC)cc1. The second-order valence-corrected chi connectivity index (χ2v) is 8.84. The largest absolute Gasteiger partial charge is 0.497 e. The summed E-state index contributed by atoms with van der Waals surface area (Å²) in [6.07, 6.45) is 1.92. The second-order valence-electron chi connectivity index (χ2n) is 6.75. The molecule has 0 spiro atoms. The molecule has 1 atom stereocenters. The summed E-state index contributed by atoms with van der Waals surface area (Å²) < 4.78 is 34.9. The predicted molar refractivity (Wildman–Crippen MR) is 112 cm³/mol. The second kappa shape index (κ2) is 10.3. The average molecular weight is 421 g/mol. The third-order valence-corrected chi connectivity index (χ3v) is 5.79. The lowest BCUT2D eigenvalue weighted by molar-refractivity contribution is -0.123. The van der Waals surface area contributed by atoms with Gasteiger partial charge in [0.15, 0.2) is 6.61 Å². The van der Waals surface area contributed by atoms with Crippen LogP contribution in [0, 0.1) is 0 Å². The molecule has 1 N–H and O–H groups in total. The van der Waals surface area contributed by atoms with Crippen molar-refractivity contribution in [2.24, 2.45) is 0 Å². The van der Waals surface area contributed by atoms with Crippen LogP contribution >= 0.6 is 0 Å². The zero-order valence-electron chi connectivity index (χ0n) is 17.2. The van der Waals surface area contributed by atoms with Gasteiger partial charge >= 0.3 is 0 Å². The molecule has 2 rings (SSSR count). The highest BCUT2D eigenvalue weighted by molar-refractivity contribution is 7.88. The van der Waals surface area contributed by atoms with Gasteiger partial charge in [-0.2, -0.15) is 0 Å². The van der Waals surface area contributed by atoms with Crippen molar-refractivity contribution in [1.29, 1.82) is 0 Å². The maximum Gasteiger partial charge on any atom is 0.258 e. The highest BCUT2D eigenvalue weighted by atomic mass is 32.2. The summed E-state index contributed by atoms with van der Waals surface area (Å²) >= 11 is 0. The first-order valence-electron chi connectivity index (χ1n) is 9.29. The van der Waals surface area contributed by atoms with Crippen molar-refractivity contribution < 1.29 is 22.7 Å². The van der Waals surface area contributed by atoms with Crippen LogP contribution in [-0.4, -0.2) is 45.7 Å². The molecule has 0 saturated carbocycles. The number of amides is 1. The maximum atomic E-state index is 12.3. The molecule has 0 aliphatic rings. The highest BCUT2D eigenvalue weighted by Crippen LogP contribution is 2.20. The molecule has 0 aliphatic heterocycles. The monoisotopic (exact) mass is 420 g/mol. The van der Waals surface area contributed by atoms with Crippen LogP contribution in [0.15, 0.2) is 48.5 Å². The van der Waals surface area contributed by atoms with Crippen molar-refractivity contribution in [3.8, 4) is 11.5 Å². The van der Waals surface area contributed by atoms with Crippen molar-refractivity contribution in [3.05, 3.63) is 59.7 Å². The first kappa shape index (κ1) is 22.7. The Balaban J connectivity index is 1.87. The molecule has 2 aromatic carbocycles. The van der Waals surface area contributed by atoms with E-state index in [0.29, 0.717) is 5.75 Å². The molecule has 0 bridgehead atoms. The van der Waals surface area contributed by atoms with Gasteiger partial charge in [-0.3, -0.25) is 4.79 Å². The lowest BCUT2D eigenvalue weighted by Gasteiger charge is -2.18. The fourth-order valence-corrected chi connectivity index (χ4v) is 3.09. The molecule has 0 aliphatic carbocycles. The van der Waals surface area contributed by atoms with Gasteiger partial charge in [-0.05, 0) is 41.8 Å². The molecule has 2 aromatic rings. The molecule has 7 nitrogen and oxygen atoms in total. The van der Waals surface area contributed by atoms with Gasteiger partial charge in [0.1, 0.15) is 11.5 Å². The van der Waals surface area contributed by atoms with Crippen molar-refractivity contribution in [3.63, 3.8) is 0 Å². The summed E-state index contributed by atoms with van der Waals surface area (Å²) in [6.45, 7) is 2.18. The number of sulfonamides is 1. The van der Waals surface area contributed by atoms with Crippen LogP contribution in [0.5, 0.6) is 11.5 Å². The lowest BCUT2D eigenvalue weighted by atomic mass is 10.0.